The number of esters is 5. The molecule has 0 heterocycles. The summed E-state index contributed by atoms with van der Waals surface area (Å²) in [4.78, 5) is 184. The molecule has 0 unspecified atom stereocenters. The molecule has 4 aromatic carbocycles. The smallest absolute Gasteiger partial charge is 0.373 e. The Morgan fingerprint density at radius 3 is 1.02 bits per heavy atom. The zero-order valence-corrected chi connectivity index (χ0v) is 93.6. The fourth-order valence-corrected chi connectivity index (χ4v) is 13.3. The summed E-state index contributed by atoms with van der Waals surface area (Å²) in [6.07, 6.45) is 6.17. The largest absolute Gasteiger partial charge is 0.481 e. The maximum atomic E-state index is 12.3. The number of carbonyl (C=O) groups is 15. The number of ether oxygens (including phenoxy) is 5. The number of carboxylic acid groups (broad SMARTS) is 2. The number of rotatable bonds is 51. The average molecular weight is 2320 g/mol. The van der Waals surface area contributed by atoms with Crippen molar-refractivity contribution in [2.45, 2.75) is 303 Å². The summed E-state index contributed by atoms with van der Waals surface area (Å²) < 4.78 is 27.9. The lowest BCUT2D eigenvalue weighted by Crippen LogP contribution is -2.42. The van der Waals surface area contributed by atoms with E-state index in [9.17, 15) is 71.9 Å². The normalized spacial score (nSPS) is 11.8. The summed E-state index contributed by atoms with van der Waals surface area (Å²) in [6, 6.07) is 21.1. The van der Waals surface area contributed by atoms with Gasteiger partial charge in [0.05, 0.1) is 81.7 Å². The number of anilines is 4. The van der Waals surface area contributed by atoms with Crippen molar-refractivity contribution < 1.29 is 115 Å². The van der Waals surface area contributed by atoms with E-state index in [2.05, 4.69) is 105 Å². The standard InChI is InChI=1S/C20H30BCl2N2O3.C16H24BN2O3.C15H22Cl2N2O2.C10H17BNO4.C9H16BINO3.C9H15BNO5.C8H15BNO2.C7H8IN.CO2.2CH4/c1-15-5-6-18(25(9-7-22)10-8-23)12-16(15)11-17(24-21-14-26)13-19(27)28-20(2,3)4;1-11-5-6-13(18)7-12(11)8-14(19-17-10-20)9-15(21)22-16(2,3)4;1-11-2-3-14(19(6-4-16)7-5-17)9-12(11)8-13(18)10-15(20)21;1-7(14)8(12-11-6-13)5-9(15)16-10(2,3)4;1-9(2,3)15-8(14)4-7(5-11)12-10-6-13;1-9(2,3)16-7(13)4-6(8(14)15)11-10-5-12;1-8(2,3)7(12)4-5-10-9-6-11;1-5-2-3-6(9)4-7(5)8;2-1-3;;/h5-6,12,14,17,24H,7-11,13H2,1-4H3;5-7,10,14,19H,8-9,18H2,1-4H3;2-3,9,13H,4-8,10,18H2,1H3,(H,20,21);6,8,12H,5H2,1-4H3;6-7,12H,4-5H2,1-3H3;5-6,11H,4H2,1-3H3,(H,14,15);6,10H,4-5H2,1-3H3;2-4H,9H2,1H3;;2*1H4/t17-;14-;13-;8-;7-;6-;;;;;/m111000...../s1. The van der Waals surface area contributed by atoms with Crippen LogP contribution in [0.3, 0.4) is 0 Å². The number of carbonyl (C=O) groups excluding carboxylic acids is 15. The number of nitrogens with two attached hydrogens (primary N) is 3. The Bertz CT molecular complexity index is 4400. The number of benzene rings is 4. The molecular weight excluding hydrogens is 2160 g/mol. The monoisotopic (exact) mass is 2320 g/mol. The van der Waals surface area contributed by atoms with Gasteiger partial charge in [0.1, 0.15) is 45.6 Å². The number of hydrogen-bond acceptors (Lipinski definition) is 33. The van der Waals surface area contributed by atoms with E-state index < -0.39 is 64.0 Å². The predicted octanol–water partition coefficient (Wildman–Crippen LogP) is 11.4. The molecule has 0 amide bonds. The molecule has 0 saturated carbocycles. The molecule has 0 bridgehead atoms. The van der Waals surface area contributed by atoms with Crippen LogP contribution in [0.25, 0.3) is 0 Å². The van der Waals surface area contributed by atoms with Gasteiger partial charge in [0.2, 0.25) is 0 Å². The van der Waals surface area contributed by atoms with E-state index in [1.165, 1.54) is 45.7 Å². The van der Waals surface area contributed by atoms with Crippen molar-refractivity contribution in [1.82, 2.24) is 31.4 Å². The van der Waals surface area contributed by atoms with Crippen LogP contribution in [-0.2, 0) is 124 Å². The highest BCUT2D eigenvalue weighted by Crippen LogP contribution is 2.26. The third-order valence-corrected chi connectivity index (χ3v) is 20.6. The second-order valence-corrected chi connectivity index (χ2v) is 41.0. The lowest BCUT2D eigenvalue weighted by atomic mass is 9.88. The van der Waals surface area contributed by atoms with Crippen LogP contribution in [0.2, 0.25) is 0 Å². The van der Waals surface area contributed by atoms with E-state index >= 15 is 0 Å². The Hall–Kier alpha value is -8.16. The first kappa shape index (κ1) is 149. The van der Waals surface area contributed by atoms with Crippen molar-refractivity contribution in [1.29, 1.82) is 0 Å². The third kappa shape index (κ3) is 84.8. The minimum atomic E-state index is -1.22. The van der Waals surface area contributed by atoms with Gasteiger partial charge in [0.15, 0.2) is 0 Å². The third-order valence-electron chi connectivity index (χ3n) is 17.7. The maximum absolute atomic E-state index is 12.3. The van der Waals surface area contributed by atoms with Gasteiger partial charge in [-0.2, -0.15) is 9.59 Å². The number of hydrogen-bond donors (Lipinski definition) is 11. The first-order valence-electron chi connectivity index (χ1n) is 45.2. The topological polar surface area (TPSA) is 534 Å². The molecule has 6 atom stereocenters. The lowest BCUT2D eigenvalue weighted by Gasteiger charge is -2.26. The second kappa shape index (κ2) is 82.8. The number of nitrogen functional groups attached to an aromatic ring is 2. The van der Waals surface area contributed by atoms with Crippen molar-refractivity contribution in [2.75, 3.05) is 81.9 Å². The number of halogens is 6. The Kier molecular flexibility index (Phi) is 85.5. The van der Waals surface area contributed by atoms with Crippen LogP contribution in [0.4, 0.5) is 22.7 Å². The average Bonchev–Trinajstić information content (AvgIpc) is 0.828. The van der Waals surface area contributed by atoms with Gasteiger partial charge in [0, 0.05) is 116 Å². The first-order valence-corrected chi connectivity index (χ1v) is 50.0. The molecule has 0 aliphatic carbocycles. The SMILES string of the molecule is C.C.CC(=O)[C@H](CC(=O)OC(C)(C)C)N[B]C=O.CC(C)(C)C(=O)CCN[B]C=O.CC(C)(C)OC(=O)C[C@@H](CI)N[B]C=O.CC(C)(C)OC(=O)C[C@H](N[B]C=O)C(=O)O.Cc1ccc(N(CCCl)CCCl)cc1C[C@@H](N)CC(=O)O.Cc1ccc(N(CCCl)CCCl)cc1C[C@H](CC(=O)OC(C)(C)C)N[B]C=O.Cc1ccc(N)cc1C[C@H](CC(=O)OC(C)(C)C)N[B]C=O.Cc1ccc(N)cc1I.O=C=O. The molecule has 0 aliphatic heterocycles. The Labute approximate surface area is 906 Å². The van der Waals surface area contributed by atoms with E-state index in [0.29, 0.717) is 112 Å². The summed E-state index contributed by atoms with van der Waals surface area (Å²) >= 11 is 27.9. The Morgan fingerprint density at radius 1 is 0.431 bits per heavy atom. The van der Waals surface area contributed by atoms with Crippen LogP contribution in [-0.4, -0.2) is 276 Å². The highest BCUT2D eigenvalue weighted by molar-refractivity contribution is 14.1. The number of nitrogens with zero attached hydrogens (tertiary/aromatic N) is 2. The number of nitrogens with one attached hydrogen (secondary N) is 6. The summed E-state index contributed by atoms with van der Waals surface area (Å²) in [6.45, 7) is 45.3. The van der Waals surface area contributed by atoms with Crippen LogP contribution in [0, 0.1) is 36.7 Å². The van der Waals surface area contributed by atoms with Crippen LogP contribution in [0.1, 0.15) is 230 Å². The minimum absolute atomic E-state index is 0. The summed E-state index contributed by atoms with van der Waals surface area (Å²) in [5.41, 5.74) is 25.6. The molecule has 0 fully saturated rings. The fraction of sp³-hybridized carbons (Fsp3) is 0.588. The minimum Gasteiger partial charge on any atom is -0.481 e. The number of carboxylic acids is 2. The lowest BCUT2D eigenvalue weighted by molar-refractivity contribution is -0.192. The molecule has 0 aromatic heterocycles. The number of Topliss-reactive ketones (excluding diaryl/α,β-unsaturated/α-hetero) is 2. The molecule has 4 aromatic rings. The van der Waals surface area contributed by atoms with E-state index in [4.69, 9.17) is 107 Å². The molecule has 47 heteroatoms. The number of alkyl halides is 5. The van der Waals surface area contributed by atoms with Gasteiger partial charge in [0.25, 0.3) is 44.5 Å². The zero-order chi connectivity index (χ0) is 110. The van der Waals surface area contributed by atoms with Gasteiger partial charge < -0.3 is 121 Å². The van der Waals surface area contributed by atoms with Crippen molar-refractivity contribution in [2.24, 2.45) is 11.1 Å². The molecule has 802 valence electrons. The molecule has 0 aliphatic rings. The van der Waals surface area contributed by atoms with Gasteiger partial charge in [-0.15, -0.1) is 46.4 Å². The van der Waals surface area contributed by atoms with Crippen molar-refractivity contribution in [3.05, 3.63) is 115 Å². The van der Waals surface area contributed by atoms with E-state index in [1.54, 1.807) is 41.5 Å². The predicted molar refractivity (Wildman–Crippen MR) is 600 cm³/mol. The molecule has 0 spiro atoms. The summed E-state index contributed by atoms with van der Waals surface area (Å²) in [5, 5.41) is 33.9. The molecule has 6 radical (unpaired) electrons. The molecular formula is C97H155B6Cl4I2N11O24. The van der Waals surface area contributed by atoms with Crippen LogP contribution in [0.15, 0.2) is 72.8 Å². The van der Waals surface area contributed by atoms with E-state index in [-0.39, 0.29) is 119 Å². The summed E-state index contributed by atoms with van der Waals surface area (Å²) in [7, 11) is 7.25. The van der Waals surface area contributed by atoms with Crippen LogP contribution < -0.4 is 58.4 Å². The Balaban J connectivity index is -0.000000301. The van der Waals surface area contributed by atoms with Crippen molar-refractivity contribution in [3.63, 3.8) is 0 Å². The van der Waals surface area contributed by atoms with E-state index in [0.717, 1.165) is 82.8 Å². The zero-order valence-electron chi connectivity index (χ0n) is 86.2. The van der Waals surface area contributed by atoms with Gasteiger partial charge in [-0.3, -0.25) is 43.2 Å². The van der Waals surface area contributed by atoms with E-state index in [1.807, 2.05) is 165 Å². The van der Waals surface area contributed by atoms with Crippen LogP contribution in [0.5, 0.6) is 0 Å². The number of ketones is 2. The van der Waals surface area contributed by atoms with Gasteiger partial charge >= 0.3 is 47.9 Å². The van der Waals surface area contributed by atoms with Crippen LogP contribution >= 0.6 is 91.6 Å². The highest BCUT2D eigenvalue weighted by atomic mass is 127. The summed E-state index contributed by atoms with van der Waals surface area (Å²) in [5.74, 6) is -1.99. The van der Waals surface area contributed by atoms with Crippen molar-refractivity contribution in [3.8, 4) is 0 Å². The van der Waals surface area contributed by atoms with Gasteiger partial charge in [-0.1, -0.05) is 82.5 Å². The van der Waals surface area contributed by atoms with Crippen molar-refractivity contribution >= 4 is 255 Å². The highest BCUT2D eigenvalue weighted by Gasteiger charge is 2.29. The molecule has 144 heavy (non-hydrogen) atoms. The molecule has 14 N–H and O–H groups in total. The fourth-order valence-electron chi connectivity index (χ4n) is 11.4. The molecule has 35 nitrogen and oxygen atoms in total. The first-order chi connectivity index (χ1) is 65.9. The molecule has 4 rings (SSSR count). The van der Waals surface area contributed by atoms with Gasteiger partial charge in [-0.25, -0.2) is 0 Å². The van der Waals surface area contributed by atoms with Gasteiger partial charge in [-0.05, 0) is 274 Å². The number of aliphatic carboxylic acids is 2. The molecule has 0 saturated heterocycles. The quantitative estimate of drug-likeness (QED) is 0.00286. The second-order valence-electron chi connectivity index (χ2n) is 37.5. The number of aryl methyl sites for hydroxylation is 4. The maximum Gasteiger partial charge on any atom is 0.373 e. The Morgan fingerprint density at radius 2 is 0.722 bits per heavy atom.